The number of benzene rings is 2. The van der Waals surface area contributed by atoms with Gasteiger partial charge in [-0.15, -0.1) is 0 Å². The van der Waals surface area contributed by atoms with Crippen LogP contribution in [0, 0.1) is 18.8 Å². The van der Waals surface area contributed by atoms with Crippen LogP contribution in [0.5, 0.6) is 0 Å². The predicted molar refractivity (Wildman–Crippen MR) is 122 cm³/mol. The minimum absolute atomic E-state index is 0.0887. The molecular formula is C26H31N3O2. The number of anilines is 1. The summed E-state index contributed by atoms with van der Waals surface area (Å²) in [6.07, 6.45) is 2.01. The lowest BCUT2D eigenvalue weighted by molar-refractivity contribution is -0.136. The molecule has 0 bridgehead atoms. The molecule has 3 aliphatic rings. The minimum atomic E-state index is -0.143. The second-order valence-corrected chi connectivity index (χ2v) is 9.24. The van der Waals surface area contributed by atoms with Gasteiger partial charge in [0.25, 0.3) is 0 Å². The Bertz CT molecular complexity index is 948. The van der Waals surface area contributed by atoms with Crippen LogP contribution in [0.2, 0.25) is 0 Å². The zero-order chi connectivity index (χ0) is 21.4. The molecule has 2 amide bonds. The van der Waals surface area contributed by atoms with E-state index in [0.717, 1.165) is 39.0 Å². The summed E-state index contributed by atoms with van der Waals surface area (Å²) in [6.45, 7) is 6.55. The maximum Gasteiger partial charge on any atom is 0.228 e. The van der Waals surface area contributed by atoms with Gasteiger partial charge in [-0.2, -0.15) is 0 Å². The second-order valence-electron chi connectivity index (χ2n) is 9.24. The summed E-state index contributed by atoms with van der Waals surface area (Å²) in [5.41, 5.74) is 3.71. The number of likely N-dealkylation sites (tertiary alicyclic amines) is 1. The number of rotatable bonds is 4. The minimum Gasteiger partial charge on any atom is -0.368 e. The van der Waals surface area contributed by atoms with Gasteiger partial charge in [-0.05, 0) is 37.0 Å². The summed E-state index contributed by atoms with van der Waals surface area (Å²) < 4.78 is 0. The first kappa shape index (κ1) is 20.1. The molecule has 31 heavy (non-hydrogen) atoms. The molecule has 1 aliphatic carbocycles. The van der Waals surface area contributed by atoms with Crippen molar-refractivity contribution in [3.8, 4) is 0 Å². The SMILES string of the molecule is Cc1ccccc1N1CCN(C(=O)C2CN(C(=O)C3CC3)CC2c2ccccc2)CC1. The number of nitrogens with zero attached hydrogens (tertiary/aromatic N) is 3. The van der Waals surface area contributed by atoms with Crippen LogP contribution in [0.15, 0.2) is 54.6 Å². The molecule has 2 aliphatic heterocycles. The summed E-state index contributed by atoms with van der Waals surface area (Å²) in [6, 6.07) is 18.7. The Hall–Kier alpha value is -2.82. The zero-order valence-electron chi connectivity index (χ0n) is 18.2. The summed E-state index contributed by atoms with van der Waals surface area (Å²) in [4.78, 5) is 32.7. The number of carbonyl (C=O) groups excluding carboxylic acids is 2. The van der Waals surface area contributed by atoms with E-state index in [1.165, 1.54) is 16.8 Å². The summed E-state index contributed by atoms with van der Waals surface area (Å²) in [5.74, 6) is 0.605. The number of hydrogen-bond acceptors (Lipinski definition) is 3. The molecule has 0 N–H and O–H groups in total. The smallest absolute Gasteiger partial charge is 0.228 e. The summed E-state index contributed by atoms with van der Waals surface area (Å²) in [5, 5.41) is 0. The molecule has 5 heteroatoms. The maximum atomic E-state index is 13.6. The third-order valence-electron chi connectivity index (χ3n) is 7.15. The van der Waals surface area contributed by atoms with Gasteiger partial charge in [0, 0.05) is 56.8 Å². The van der Waals surface area contributed by atoms with E-state index in [9.17, 15) is 9.59 Å². The standard InChI is InChI=1S/C26H31N3O2/c1-19-7-5-6-10-24(19)27-13-15-28(16-14-27)26(31)23-18-29(25(30)21-11-12-21)17-22(23)20-8-3-2-4-9-20/h2-10,21-23H,11-18H2,1H3. The third-order valence-corrected chi connectivity index (χ3v) is 7.15. The Morgan fingerprint density at radius 1 is 0.774 bits per heavy atom. The molecule has 0 aromatic heterocycles. The van der Waals surface area contributed by atoms with Crippen molar-refractivity contribution in [3.63, 3.8) is 0 Å². The van der Waals surface area contributed by atoms with Gasteiger partial charge >= 0.3 is 0 Å². The van der Waals surface area contributed by atoms with Gasteiger partial charge in [-0.1, -0.05) is 48.5 Å². The Morgan fingerprint density at radius 2 is 1.45 bits per heavy atom. The van der Waals surface area contributed by atoms with Crippen LogP contribution in [0.1, 0.15) is 29.9 Å². The van der Waals surface area contributed by atoms with Crippen molar-refractivity contribution in [2.45, 2.75) is 25.7 Å². The lowest BCUT2D eigenvalue weighted by Gasteiger charge is -2.38. The van der Waals surface area contributed by atoms with Crippen molar-refractivity contribution in [3.05, 3.63) is 65.7 Å². The van der Waals surface area contributed by atoms with Crippen LogP contribution in [0.4, 0.5) is 5.69 Å². The highest BCUT2D eigenvalue weighted by Crippen LogP contribution is 2.38. The molecule has 0 radical (unpaired) electrons. The van der Waals surface area contributed by atoms with Crippen molar-refractivity contribution in [1.82, 2.24) is 9.80 Å². The largest absolute Gasteiger partial charge is 0.368 e. The molecule has 3 fully saturated rings. The van der Waals surface area contributed by atoms with E-state index >= 15 is 0 Å². The number of aryl methyl sites for hydroxylation is 1. The zero-order valence-corrected chi connectivity index (χ0v) is 18.2. The van der Waals surface area contributed by atoms with E-state index in [4.69, 9.17) is 0 Å². The van der Waals surface area contributed by atoms with Crippen LogP contribution in [-0.4, -0.2) is 60.9 Å². The second kappa shape index (κ2) is 8.37. The normalized spacial score (nSPS) is 23.8. The molecule has 5 rings (SSSR count). The Morgan fingerprint density at radius 3 is 2.13 bits per heavy atom. The fraction of sp³-hybridized carbons (Fsp3) is 0.462. The number of carbonyl (C=O) groups is 2. The molecule has 1 saturated carbocycles. The highest BCUT2D eigenvalue weighted by Gasteiger charge is 2.45. The number of para-hydroxylation sites is 1. The number of amides is 2. The molecule has 162 valence electrons. The monoisotopic (exact) mass is 417 g/mol. The fourth-order valence-electron chi connectivity index (χ4n) is 5.18. The van der Waals surface area contributed by atoms with Gasteiger partial charge in [0.2, 0.25) is 11.8 Å². The van der Waals surface area contributed by atoms with Gasteiger partial charge in [-0.3, -0.25) is 9.59 Å². The molecule has 2 heterocycles. The van der Waals surface area contributed by atoms with E-state index in [2.05, 4.69) is 48.2 Å². The first-order valence-corrected chi connectivity index (χ1v) is 11.5. The Labute approximate surface area is 184 Å². The molecule has 2 aromatic carbocycles. The van der Waals surface area contributed by atoms with E-state index in [1.807, 2.05) is 28.0 Å². The van der Waals surface area contributed by atoms with Crippen molar-refractivity contribution in [1.29, 1.82) is 0 Å². The molecule has 2 aromatic rings. The van der Waals surface area contributed by atoms with Gasteiger partial charge in [0.15, 0.2) is 0 Å². The van der Waals surface area contributed by atoms with Crippen LogP contribution in [0.3, 0.4) is 0 Å². The topological polar surface area (TPSA) is 43.9 Å². The quantitative estimate of drug-likeness (QED) is 0.767. The number of piperazine rings is 1. The first-order valence-electron chi connectivity index (χ1n) is 11.5. The average Bonchev–Trinajstić information content (AvgIpc) is 3.57. The van der Waals surface area contributed by atoms with E-state index in [-0.39, 0.29) is 29.6 Å². The lowest BCUT2D eigenvalue weighted by atomic mass is 9.88. The van der Waals surface area contributed by atoms with Gasteiger partial charge < -0.3 is 14.7 Å². The van der Waals surface area contributed by atoms with Crippen LogP contribution in [0.25, 0.3) is 0 Å². The van der Waals surface area contributed by atoms with E-state index in [1.54, 1.807) is 0 Å². The molecule has 0 spiro atoms. The fourth-order valence-corrected chi connectivity index (χ4v) is 5.18. The predicted octanol–water partition coefficient (Wildman–Crippen LogP) is 3.30. The molecular weight excluding hydrogens is 386 g/mol. The van der Waals surface area contributed by atoms with Gasteiger partial charge in [-0.25, -0.2) is 0 Å². The third kappa shape index (κ3) is 4.06. The molecule has 2 saturated heterocycles. The van der Waals surface area contributed by atoms with Crippen molar-refractivity contribution >= 4 is 17.5 Å². The summed E-state index contributed by atoms with van der Waals surface area (Å²) >= 11 is 0. The lowest BCUT2D eigenvalue weighted by Crippen LogP contribution is -2.51. The van der Waals surface area contributed by atoms with Crippen LogP contribution >= 0.6 is 0 Å². The van der Waals surface area contributed by atoms with Crippen molar-refractivity contribution in [2.75, 3.05) is 44.2 Å². The Balaban J connectivity index is 1.30. The van der Waals surface area contributed by atoms with Gasteiger partial charge in [0.05, 0.1) is 5.92 Å². The highest BCUT2D eigenvalue weighted by molar-refractivity contribution is 5.85. The van der Waals surface area contributed by atoms with Gasteiger partial charge in [0.1, 0.15) is 0 Å². The molecule has 2 unspecified atom stereocenters. The maximum absolute atomic E-state index is 13.6. The first-order chi connectivity index (χ1) is 15.1. The van der Waals surface area contributed by atoms with Crippen molar-refractivity contribution < 1.29 is 9.59 Å². The van der Waals surface area contributed by atoms with Crippen LogP contribution in [-0.2, 0) is 9.59 Å². The van der Waals surface area contributed by atoms with E-state index < -0.39 is 0 Å². The molecule has 5 nitrogen and oxygen atoms in total. The van der Waals surface area contributed by atoms with E-state index in [0.29, 0.717) is 13.1 Å². The summed E-state index contributed by atoms with van der Waals surface area (Å²) in [7, 11) is 0. The number of hydrogen-bond donors (Lipinski definition) is 0. The average molecular weight is 418 g/mol. The molecule has 2 atom stereocenters. The Kier molecular flexibility index (Phi) is 5.43. The van der Waals surface area contributed by atoms with Crippen LogP contribution < -0.4 is 4.90 Å². The highest BCUT2D eigenvalue weighted by atomic mass is 16.2. The van der Waals surface area contributed by atoms with Crippen molar-refractivity contribution in [2.24, 2.45) is 11.8 Å².